The largest absolute Gasteiger partial charge is 0.507 e. The summed E-state index contributed by atoms with van der Waals surface area (Å²) in [5.41, 5.74) is 10.4. The molecule has 0 aliphatic carbocycles. The number of para-hydroxylation sites is 1. The van der Waals surface area contributed by atoms with Gasteiger partial charge in [0, 0.05) is 44.2 Å². The number of hydrogen-bond donors (Lipinski definition) is 1. The molecule has 0 unspecified atom stereocenters. The van der Waals surface area contributed by atoms with Crippen LogP contribution < -0.4 is 0 Å². The number of phenols is 1. The van der Waals surface area contributed by atoms with Crippen molar-refractivity contribution < 1.29 is 26.2 Å². The van der Waals surface area contributed by atoms with Crippen LogP contribution in [0.5, 0.6) is 5.75 Å². The van der Waals surface area contributed by atoms with Gasteiger partial charge in [-0.2, -0.15) is 5.26 Å². The van der Waals surface area contributed by atoms with Gasteiger partial charge in [-0.25, -0.2) is 4.98 Å². The zero-order valence-electron chi connectivity index (χ0n) is 29.6. The maximum Gasteiger partial charge on any atom is 0.148 e. The molecule has 51 heavy (non-hydrogen) atoms. The molecule has 7 rings (SSSR count). The molecule has 0 aliphatic heterocycles. The maximum absolute atomic E-state index is 12.1. The molecule has 256 valence electrons. The van der Waals surface area contributed by atoms with Gasteiger partial charge in [-0.05, 0) is 63.4 Å². The van der Waals surface area contributed by atoms with Gasteiger partial charge in [-0.15, -0.1) is 23.8 Å². The molecule has 0 radical (unpaired) electrons. The maximum atomic E-state index is 12.1. The minimum Gasteiger partial charge on any atom is -0.507 e. The van der Waals surface area contributed by atoms with E-state index in [0.29, 0.717) is 17.0 Å². The molecule has 0 spiro atoms. The number of phenolic OH excluding ortho intramolecular Hbond substituents is 1. The molecular formula is C45H39N4OPt-. The number of fused-ring (bicyclic) bond motifs is 1. The summed E-state index contributed by atoms with van der Waals surface area (Å²) in [4.78, 5) is 9.92. The van der Waals surface area contributed by atoms with Crippen LogP contribution in [0.1, 0.15) is 58.2 Å². The number of pyridine rings is 1. The molecular weight excluding hydrogens is 808 g/mol. The second-order valence-electron chi connectivity index (χ2n) is 14.8. The Labute approximate surface area is 314 Å². The summed E-state index contributed by atoms with van der Waals surface area (Å²) in [6.45, 7) is 12.9. The smallest absolute Gasteiger partial charge is 0.148 e. The third-order valence-corrected chi connectivity index (χ3v) is 9.15. The van der Waals surface area contributed by atoms with Crippen LogP contribution in [-0.2, 0) is 31.9 Å². The van der Waals surface area contributed by atoms with Gasteiger partial charge in [0.2, 0.25) is 0 Å². The van der Waals surface area contributed by atoms with E-state index < -0.39 is 0 Å². The second kappa shape index (κ2) is 13.8. The van der Waals surface area contributed by atoms with Gasteiger partial charge in [-0.3, -0.25) is 9.55 Å². The summed E-state index contributed by atoms with van der Waals surface area (Å²) in [6, 6.07) is 44.3. The van der Waals surface area contributed by atoms with Gasteiger partial charge in [0.1, 0.15) is 11.6 Å². The molecule has 0 saturated carbocycles. The van der Waals surface area contributed by atoms with E-state index in [1.165, 1.54) is 0 Å². The third kappa shape index (κ3) is 6.90. The van der Waals surface area contributed by atoms with Crippen molar-refractivity contribution in [2.45, 2.75) is 52.4 Å². The van der Waals surface area contributed by atoms with Gasteiger partial charge < -0.3 is 5.11 Å². The molecule has 0 atom stereocenters. The molecule has 0 amide bonds. The first-order chi connectivity index (χ1) is 23.9. The number of nitrogens with zero attached hydrogens (tertiary/aromatic N) is 4. The topological polar surface area (TPSA) is 74.7 Å². The van der Waals surface area contributed by atoms with E-state index in [-0.39, 0.29) is 37.6 Å². The number of benzene rings is 5. The standard InChI is InChI=1S/C45H39N4O.Pt/c1-44(2,3)34-26-37(42(50)38(27-34)45(4,5)6)43-48-41-36(32-22-29(28-46)23-33(24-32)39-19-10-11-21-47-39)18-13-20-40(41)49(43)35-17-12-16-31(25-35)30-14-8-7-9-15-30;/h7-23,25-27,50H,1-6H3;/q-1;. The quantitative estimate of drug-likeness (QED) is 0.175. The van der Waals surface area contributed by atoms with Gasteiger partial charge in [0.15, 0.2) is 0 Å². The Hall–Kier alpha value is -5.30. The van der Waals surface area contributed by atoms with Gasteiger partial charge >= 0.3 is 0 Å². The van der Waals surface area contributed by atoms with Crippen molar-refractivity contribution in [2.75, 3.05) is 0 Å². The fraction of sp³-hybridized carbons (Fsp3) is 0.178. The molecule has 0 aliphatic rings. The number of hydrogen-bond acceptors (Lipinski definition) is 4. The van der Waals surface area contributed by atoms with Crippen molar-refractivity contribution in [3.63, 3.8) is 0 Å². The average Bonchev–Trinajstić information content (AvgIpc) is 3.51. The zero-order chi connectivity index (χ0) is 35.2. The first kappa shape index (κ1) is 35.5. The molecule has 0 bridgehead atoms. The molecule has 2 aromatic heterocycles. The van der Waals surface area contributed by atoms with Crippen LogP contribution in [0.15, 0.2) is 121 Å². The van der Waals surface area contributed by atoms with E-state index >= 15 is 0 Å². The monoisotopic (exact) mass is 846 g/mol. The summed E-state index contributed by atoms with van der Waals surface area (Å²) in [6.07, 6.45) is 1.74. The van der Waals surface area contributed by atoms with Crippen LogP contribution in [0.25, 0.3) is 61.6 Å². The SMILES string of the molecule is CC(C)(C)c1cc(-c2nc3c(-c4[c-]c(-c5ccccn5)cc(C#N)c4)cccc3n2-c2cccc(-c3ccccc3)c2)c(O)c(C(C)(C)C)c1.[Pt]. The number of aromatic nitrogens is 3. The number of rotatable bonds is 5. The fourth-order valence-corrected chi connectivity index (χ4v) is 6.46. The van der Waals surface area contributed by atoms with Gasteiger partial charge in [0.25, 0.3) is 0 Å². The Morgan fingerprint density at radius 1 is 0.706 bits per heavy atom. The zero-order valence-corrected chi connectivity index (χ0v) is 31.9. The van der Waals surface area contributed by atoms with E-state index in [2.05, 4.69) is 118 Å². The molecule has 5 nitrogen and oxygen atoms in total. The Morgan fingerprint density at radius 3 is 2.10 bits per heavy atom. The Balaban J connectivity index is 0.00000448. The molecule has 0 saturated heterocycles. The second-order valence-corrected chi connectivity index (χ2v) is 14.8. The van der Waals surface area contributed by atoms with Crippen molar-refractivity contribution in [1.29, 1.82) is 5.26 Å². The van der Waals surface area contributed by atoms with E-state index in [9.17, 15) is 10.4 Å². The van der Waals surface area contributed by atoms with Crippen molar-refractivity contribution >= 4 is 11.0 Å². The van der Waals surface area contributed by atoms with Gasteiger partial charge in [-0.1, -0.05) is 125 Å². The predicted molar refractivity (Wildman–Crippen MR) is 203 cm³/mol. The van der Waals surface area contributed by atoms with Crippen LogP contribution >= 0.6 is 0 Å². The average molecular weight is 847 g/mol. The third-order valence-electron chi connectivity index (χ3n) is 9.15. The first-order valence-electron chi connectivity index (χ1n) is 16.9. The Morgan fingerprint density at radius 2 is 1.41 bits per heavy atom. The van der Waals surface area contributed by atoms with E-state index in [0.717, 1.165) is 61.4 Å². The Kier molecular flexibility index (Phi) is 9.60. The summed E-state index contributed by atoms with van der Waals surface area (Å²) in [5.74, 6) is 0.853. The van der Waals surface area contributed by atoms with Crippen LogP contribution in [0.3, 0.4) is 0 Å². The summed E-state index contributed by atoms with van der Waals surface area (Å²) >= 11 is 0. The minimum atomic E-state index is -0.316. The predicted octanol–water partition coefficient (Wildman–Crippen LogP) is 11.1. The molecule has 1 N–H and O–H groups in total. The van der Waals surface area contributed by atoms with E-state index in [4.69, 9.17) is 4.98 Å². The Bertz CT molecular complexity index is 2410. The number of imidazole rings is 1. The van der Waals surface area contributed by atoms with E-state index in [1.807, 2.05) is 60.7 Å². The van der Waals surface area contributed by atoms with Gasteiger partial charge in [0.05, 0.1) is 22.7 Å². The van der Waals surface area contributed by atoms with Crippen molar-refractivity contribution in [1.82, 2.24) is 14.5 Å². The first-order valence-corrected chi connectivity index (χ1v) is 16.9. The molecule has 2 heterocycles. The summed E-state index contributed by atoms with van der Waals surface area (Å²) < 4.78 is 2.15. The molecule has 0 fully saturated rings. The number of nitriles is 1. The molecule has 6 heteroatoms. The number of aromatic hydroxyl groups is 1. The van der Waals surface area contributed by atoms with Crippen molar-refractivity contribution in [3.8, 4) is 62.4 Å². The van der Waals surface area contributed by atoms with Crippen molar-refractivity contribution in [2.24, 2.45) is 0 Å². The van der Waals surface area contributed by atoms with Crippen molar-refractivity contribution in [3.05, 3.63) is 144 Å². The van der Waals surface area contributed by atoms with Crippen LogP contribution in [0.4, 0.5) is 0 Å². The summed E-state index contributed by atoms with van der Waals surface area (Å²) in [7, 11) is 0. The van der Waals surface area contributed by atoms with Crippen LogP contribution in [-0.4, -0.2) is 19.6 Å². The minimum absolute atomic E-state index is 0. The van der Waals surface area contributed by atoms with Crippen LogP contribution in [0.2, 0.25) is 0 Å². The van der Waals surface area contributed by atoms with Crippen LogP contribution in [0, 0.1) is 17.4 Å². The normalized spacial score (nSPS) is 11.6. The summed E-state index contributed by atoms with van der Waals surface area (Å²) in [5, 5.41) is 22.2. The van der Waals surface area contributed by atoms with E-state index in [1.54, 1.807) is 6.20 Å². The molecule has 5 aromatic carbocycles. The molecule has 7 aromatic rings. The fourth-order valence-electron chi connectivity index (χ4n) is 6.46.